The lowest BCUT2D eigenvalue weighted by Crippen LogP contribution is -2.00. The first-order valence-electron chi connectivity index (χ1n) is 5.91. The summed E-state index contributed by atoms with van der Waals surface area (Å²) in [6.45, 7) is 7.41. The molecule has 3 nitrogen and oxygen atoms in total. The molecular weight excluding hydrogens is 248 g/mol. The van der Waals surface area contributed by atoms with E-state index < -0.39 is 0 Å². The zero-order valence-corrected chi connectivity index (χ0v) is 11.8. The average molecular weight is 265 g/mol. The van der Waals surface area contributed by atoms with Crippen LogP contribution in [0.2, 0.25) is 5.02 Å². The summed E-state index contributed by atoms with van der Waals surface area (Å²) in [5, 5.41) is 4.87. The predicted octanol–water partition coefficient (Wildman–Crippen LogP) is 4.06. The van der Waals surface area contributed by atoms with E-state index in [2.05, 4.69) is 5.10 Å². The van der Waals surface area contributed by atoms with E-state index >= 15 is 0 Å². The standard InChI is InChI=1S/C12H11ClN2O.C2H6/c1-8-12(9(2)16)7-14-15(8)11-5-3-10(13)4-6-11;1-2/h3-7H,1-2H3;1-2H3. The van der Waals surface area contributed by atoms with Crippen LogP contribution >= 0.6 is 11.6 Å². The lowest BCUT2D eigenvalue weighted by Gasteiger charge is -2.04. The number of carbonyl (C=O) groups excluding carboxylic acids is 1. The number of halogens is 1. The highest BCUT2D eigenvalue weighted by atomic mass is 35.5. The van der Waals surface area contributed by atoms with Gasteiger partial charge in [0.25, 0.3) is 0 Å². The fraction of sp³-hybridized carbons (Fsp3) is 0.286. The molecule has 4 heteroatoms. The SMILES string of the molecule is CC.CC(=O)c1cnn(-c2ccc(Cl)cc2)c1C. The van der Waals surface area contributed by atoms with Crippen LogP contribution < -0.4 is 0 Å². The van der Waals surface area contributed by atoms with E-state index in [1.54, 1.807) is 23.0 Å². The monoisotopic (exact) mass is 264 g/mol. The van der Waals surface area contributed by atoms with Crippen LogP contribution in [0.3, 0.4) is 0 Å². The minimum absolute atomic E-state index is 0.0257. The third-order valence-electron chi connectivity index (χ3n) is 2.46. The molecule has 0 N–H and O–H groups in total. The Morgan fingerprint density at radius 1 is 1.22 bits per heavy atom. The number of hydrogen-bond donors (Lipinski definition) is 0. The number of aromatic nitrogens is 2. The highest BCUT2D eigenvalue weighted by Crippen LogP contribution is 2.16. The number of nitrogens with zero attached hydrogens (tertiary/aromatic N) is 2. The van der Waals surface area contributed by atoms with Gasteiger partial charge in [-0.15, -0.1) is 0 Å². The number of ketones is 1. The van der Waals surface area contributed by atoms with E-state index in [1.165, 1.54) is 6.92 Å². The summed E-state index contributed by atoms with van der Waals surface area (Å²) >= 11 is 5.81. The van der Waals surface area contributed by atoms with Gasteiger partial charge >= 0.3 is 0 Å². The molecule has 0 fully saturated rings. The Labute approximate surface area is 112 Å². The Hall–Kier alpha value is -1.61. The fourth-order valence-electron chi connectivity index (χ4n) is 1.60. The van der Waals surface area contributed by atoms with Gasteiger partial charge in [-0.25, -0.2) is 4.68 Å². The van der Waals surface area contributed by atoms with E-state index in [4.69, 9.17) is 11.6 Å². The van der Waals surface area contributed by atoms with E-state index in [1.807, 2.05) is 32.9 Å². The van der Waals surface area contributed by atoms with Crippen molar-refractivity contribution in [3.8, 4) is 5.69 Å². The number of carbonyl (C=O) groups is 1. The first-order chi connectivity index (χ1) is 8.59. The summed E-state index contributed by atoms with van der Waals surface area (Å²) in [5.41, 5.74) is 2.39. The molecule has 96 valence electrons. The van der Waals surface area contributed by atoms with Gasteiger partial charge in [0.1, 0.15) is 0 Å². The van der Waals surface area contributed by atoms with Gasteiger partial charge in [0.05, 0.1) is 23.1 Å². The number of hydrogen-bond acceptors (Lipinski definition) is 2. The van der Waals surface area contributed by atoms with Crippen molar-refractivity contribution >= 4 is 17.4 Å². The van der Waals surface area contributed by atoms with Crippen molar-refractivity contribution in [2.24, 2.45) is 0 Å². The molecule has 0 radical (unpaired) electrons. The largest absolute Gasteiger partial charge is 0.294 e. The Morgan fingerprint density at radius 3 is 2.22 bits per heavy atom. The molecule has 2 aromatic rings. The zero-order valence-electron chi connectivity index (χ0n) is 11.1. The lowest BCUT2D eigenvalue weighted by atomic mass is 10.2. The lowest BCUT2D eigenvalue weighted by molar-refractivity contribution is 0.101. The summed E-state index contributed by atoms with van der Waals surface area (Å²) in [6, 6.07) is 7.33. The Balaban J connectivity index is 0.000000771. The second-order valence-electron chi connectivity index (χ2n) is 3.59. The summed E-state index contributed by atoms with van der Waals surface area (Å²) < 4.78 is 1.73. The molecule has 0 saturated heterocycles. The van der Waals surface area contributed by atoms with Crippen LogP contribution in [0, 0.1) is 6.92 Å². The Bertz CT molecular complexity index is 529. The van der Waals surface area contributed by atoms with Crippen LogP contribution in [0.25, 0.3) is 5.69 Å². The van der Waals surface area contributed by atoms with Crippen molar-refractivity contribution in [3.05, 3.63) is 46.7 Å². The van der Waals surface area contributed by atoms with Gasteiger partial charge in [0.15, 0.2) is 5.78 Å². The molecule has 0 saturated carbocycles. The van der Waals surface area contributed by atoms with Crippen molar-refractivity contribution in [1.82, 2.24) is 9.78 Å². The molecule has 18 heavy (non-hydrogen) atoms. The minimum Gasteiger partial charge on any atom is -0.294 e. The van der Waals surface area contributed by atoms with Crippen molar-refractivity contribution in [1.29, 1.82) is 0 Å². The van der Waals surface area contributed by atoms with Gasteiger partial charge in [-0.3, -0.25) is 4.79 Å². The smallest absolute Gasteiger partial charge is 0.163 e. The highest BCUT2D eigenvalue weighted by molar-refractivity contribution is 6.30. The fourth-order valence-corrected chi connectivity index (χ4v) is 1.72. The maximum absolute atomic E-state index is 11.3. The van der Waals surface area contributed by atoms with Crippen molar-refractivity contribution in [2.45, 2.75) is 27.7 Å². The van der Waals surface area contributed by atoms with Gasteiger partial charge in [-0.2, -0.15) is 5.10 Å². The van der Waals surface area contributed by atoms with Gasteiger partial charge in [0, 0.05) is 5.02 Å². The molecule has 0 bridgehead atoms. The molecule has 1 heterocycles. The number of Topliss-reactive ketones (excluding diaryl/α,β-unsaturated/α-hetero) is 1. The molecule has 0 aliphatic heterocycles. The molecule has 0 spiro atoms. The molecule has 0 amide bonds. The first-order valence-corrected chi connectivity index (χ1v) is 6.29. The normalized spacial score (nSPS) is 9.61. The van der Waals surface area contributed by atoms with E-state index in [9.17, 15) is 4.79 Å². The minimum atomic E-state index is 0.0257. The van der Waals surface area contributed by atoms with Crippen LogP contribution in [0.5, 0.6) is 0 Å². The van der Waals surface area contributed by atoms with Crippen molar-refractivity contribution in [2.75, 3.05) is 0 Å². The maximum atomic E-state index is 11.3. The maximum Gasteiger partial charge on any atom is 0.163 e. The third kappa shape index (κ3) is 2.99. The zero-order chi connectivity index (χ0) is 13.7. The quantitative estimate of drug-likeness (QED) is 0.767. The molecule has 0 atom stereocenters. The van der Waals surface area contributed by atoms with Gasteiger partial charge in [-0.05, 0) is 38.1 Å². The molecule has 2 rings (SSSR count). The van der Waals surface area contributed by atoms with Crippen molar-refractivity contribution in [3.63, 3.8) is 0 Å². The van der Waals surface area contributed by atoms with Gasteiger partial charge in [0.2, 0.25) is 0 Å². The van der Waals surface area contributed by atoms with Crippen LogP contribution in [-0.4, -0.2) is 15.6 Å². The topological polar surface area (TPSA) is 34.9 Å². The Kier molecular flexibility index (Phi) is 5.10. The van der Waals surface area contributed by atoms with E-state index in [-0.39, 0.29) is 5.78 Å². The third-order valence-corrected chi connectivity index (χ3v) is 2.71. The van der Waals surface area contributed by atoms with Crippen LogP contribution in [0.15, 0.2) is 30.5 Å². The van der Waals surface area contributed by atoms with E-state index in [0.717, 1.165) is 11.4 Å². The first kappa shape index (κ1) is 14.5. The van der Waals surface area contributed by atoms with Gasteiger partial charge < -0.3 is 0 Å². The summed E-state index contributed by atoms with van der Waals surface area (Å²) in [6.07, 6.45) is 1.59. The van der Waals surface area contributed by atoms with Crippen molar-refractivity contribution < 1.29 is 4.79 Å². The average Bonchev–Trinajstić information content (AvgIpc) is 2.75. The molecule has 0 aliphatic carbocycles. The second kappa shape index (κ2) is 6.36. The molecule has 0 unspecified atom stereocenters. The van der Waals surface area contributed by atoms with Crippen LogP contribution in [0.4, 0.5) is 0 Å². The Morgan fingerprint density at radius 2 is 1.78 bits per heavy atom. The molecule has 1 aromatic heterocycles. The number of benzene rings is 1. The summed E-state index contributed by atoms with van der Waals surface area (Å²) in [7, 11) is 0. The summed E-state index contributed by atoms with van der Waals surface area (Å²) in [5.74, 6) is 0.0257. The van der Waals surface area contributed by atoms with Crippen LogP contribution in [0.1, 0.15) is 36.8 Å². The van der Waals surface area contributed by atoms with Crippen LogP contribution in [-0.2, 0) is 0 Å². The predicted molar refractivity (Wildman–Crippen MR) is 74.7 cm³/mol. The summed E-state index contributed by atoms with van der Waals surface area (Å²) in [4.78, 5) is 11.3. The number of rotatable bonds is 2. The molecular formula is C14H17ClN2O. The van der Waals surface area contributed by atoms with E-state index in [0.29, 0.717) is 10.6 Å². The highest BCUT2D eigenvalue weighted by Gasteiger charge is 2.10. The van der Waals surface area contributed by atoms with Gasteiger partial charge in [-0.1, -0.05) is 25.4 Å². The second-order valence-corrected chi connectivity index (χ2v) is 4.02. The molecule has 0 aliphatic rings. The molecule has 1 aromatic carbocycles.